The summed E-state index contributed by atoms with van der Waals surface area (Å²) in [6.07, 6.45) is 45.6. The third kappa shape index (κ3) is 6.58. The number of fused-ring (bicyclic) bond motifs is 5. The smallest absolute Gasteiger partial charge is 0.131 e. The van der Waals surface area contributed by atoms with Crippen molar-refractivity contribution in [2.75, 3.05) is 0 Å². The van der Waals surface area contributed by atoms with Gasteiger partial charge in [0.25, 0.3) is 0 Å². The fourth-order valence-electron chi connectivity index (χ4n) is 12.1. The van der Waals surface area contributed by atoms with Crippen LogP contribution in [0, 0.1) is 35.5 Å². The summed E-state index contributed by atoms with van der Waals surface area (Å²) in [6.45, 7) is 7.26. The van der Waals surface area contributed by atoms with Gasteiger partial charge in [-0.1, -0.05) is 171 Å². The minimum Gasteiger partial charge on any atom is -0.457 e. The summed E-state index contributed by atoms with van der Waals surface area (Å²) >= 11 is 0. The van der Waals surface area contributed by atoms with Crippen molar-refractivity contribution in [3.8, 4) is 11.5 Å². The van der Waals surface area contributed by atoms with Crippen molar-refractivity contribution in [1.29, 1.82) is 0 Å². The van der Waals surface area contributed by atoms with E-state index in [0.717, 1.165) is 42.9 Å². The van der Waals surface area contributed by atoms with Gasteiger partial charge in [0.05, 0.1) is 17.2 Å². The molecule has 2 heterocycles. The summed E-state index contributed by atoms with van der Waals surface area (Å²) in [6, 6.07) is 28.7. The van der Waals surface area contributed by atoms with E-state index in [1.54, 1.807) is 0 Å². The highest BCUT2D eigenvalue weighted by atomic mass is 16.5. The molecule has 302 valence electrons. The average Bonchev–Trinajstić information content (AvgIpc) is 3.50. The van der Waals surface area contributed by atoms with Gasteiger partial charge in [-0.15, -0.1) is 0 Å². The van der Waals surface area contributed by atoms with Crippen molar-refractivity contribution in [2.45, 2.75) is 63.3 Å². The first-order valence-corrected chi connectivity index (χ1v) is 22.8. The average molecular weight is 794 g/mol. The van der Waals surface area contributed by atoms with E-state index >= 15 is 0 Å². The molecular weight excluding hydrogens is 739 g/mol. The van der Waals surface area contributed by atoms with E-state index in [-0.39, 0.29) is 17.9 Å². The lowest BCUT2D eigenvalue weighted by atomic mass is 9.55. The Balaban J connectivity index is 1.07. The van der Waals surface area contributed by atoms with Crippen molar-refractivity contribution in [1.82, 2.24) is 0 Å². The molecule has 0 N–H and O–H groups in total. The first-order valence-electron chi connectivity index (χ1n) is 22.8. The van der Waals surface area contributed by atoms with Crippen molar-refractivity contribution >= 4 is 5.71 Å². The molecule has 2 aliphatic heterocycles. The third-order valence-electron chi connectivity index (χ3n) is 14.9. The second kappa shape index (κ2) is 15.8. The van der Waals surface area contributed by atoms with Crippen LogP contribution >= 0.6 is 0 Å². The normalized spacial score (nSPS) is 29.4. The van der Waals surface area contributed by atoms with E-state index in [2.05, 4.69) is 183 Å². The van der Waals surface area contributed by atoms with E-state index in [9.17, 15) is 0 Å². The topological polar surface area (TPSA) is 21.6 Å². The quantitative estimate of drug-likeness (QED) is 0.228. The minimum absolute atomic E-state index is 0.0290. The Kier molecular flexibility index (Phi) is 9.83. The van der Waals surface area contributed by atoms with E-state index < -0.39 is 5.41 Å². The molecule has 11 rings (SSSR count). The van der Waals surface area contributed by atoms with Gasteiger partial charge in [-0.2, -0.15) is 0 Å². The van der Waals surface area contributed by atoms with Crippen LogP contribution in [0.15, 0.2) is 227 Å². The minimum atomic E-state index is -0.507. The fraction of sp³-hybridized carbons (Fsp3) is 0.271. The van der Waals surface area contributed by atoms with Crippen molar-refractivity contribution < 1.29 is 4.74 Å². The Morgan fingerprint density at radius 3 is 2.25 bits per heavy atom. The molecular formula is C59H55NO. The number of ether oxygens (including phenoxy) is 1. The molecule has 8 aliphatic rings. The van der Waals surface area contributed by atoms with Gasteiger partial charge in [-0.25, -0.2) is 0 Å². The van der Waals surface area contributed by atoms with Crippen molar-refractivity contribution in [3.63, 3.8) is 0 Å². The van der Waals surface area contributed by atoms with Crippen molar-refractivity contribution in [2.24, 2.45) is 40.5 Å². The molecule has 0 spiro atoms. The molecule has 0 saturated heterocycles. The SMILES string of the molecule is C=C1CC(C2=C(C3C=CC=CC3C3(c4ccccc4)c4ccccc4Oc4ccccc43)C=CC(C)C2)=CC(C2=CC3=CC=C4C=CCCC4[C@H]3CC2)=NC1C1C=CC=CC1. The molecule has 61 heavy (non-hydrogen) atoms. The van der Waals surface area contributed by atoms with Crippen LogP contribution < -0.4 is 4.74 Å². The van der Waals surface area contributed by atoms with Crippen LogP contribution in [0.3, 0.4) is 0 Å². The van der Waals surface area contributed by atoms with Crippen LogP contribution in [0.2, 0.25) is 0 Å². The lowest BCUT2D eigenvalue weighted by molar-refractivity contribution is 0.334. The van der Waals surface area contributed by atoms with Crippen LogP contribution in [0.5, 0.6) is 11.5 Å². The van der Waals surface area contributed by atoms with E-state index in [4.69, 9.17) is 16.3 Å². The zero-order chi connectivity index (χ0) is 40.9. The number of hydrogen-bond donors (Lipinski definition) is 0. The van der Waals surface area contributed by atoms with Gasteiger partial charge in [-0.05, 0) is 125 Å². The molecule has 0 bridgehead atoms. The van der Waals surface area contributed by atoms with Crippen LogP contribution in [0.1, 0.15) is 68.6 Å². The number of rotatable bonds is 6. The Bertz CT molecular complexity index is 2610. The zero-order valence-electron chi connectivity index (χ0n) is 35.3. The summed E-state index contributed by atoms with van der Waals surface area (Å²) in [5.74, 6) is 3.97. The number of allylic oxidation sites excluding steroid dienone is 21. The first-order chi connectivity index (χ1) is 30.1. The maximum Gasteiger partial charge on any atom is 0.131 e. The number of para-hydroxylation sites is 2. The maximum atomic E-state index is 6.75. The number of nitrogens with zero attached hydrogens (tertiary/aromatic N) is 1. The summed E-state index contributed by atoms with van der Waals surface area (Å²) in [7, 11) is 0. The van der Waals surface area contributed by atoms with E-state index in [0.29, 0.717) is 23.7 Å². The largest absolute Gasteiger partial charge is 0.457 e. The van der Waals surface area contributed by atoms with Gasteiger partial charge in [0, 0.05) is 28.9 Å². The molecule has 3 aromatic carbocycles. The summed E-state index contributed by atoms with van der Waals surface area (Å²) in [5.41, 5.74) is 14.2. The molecule has 6 aliphatic carbocycles. The Hall–Kier alpha value is -5.99. The number of benzene rings is 3. The Labute approximate surface area is 362 Å². The number of aliphatic imine (C=N–C) groups is 1. The summed E-state index contributed by atoms with van der Waals surface area (Å²) in [5, 5.41) is 0. The zero-order valence-corrected chi connectivity index (χ0v) is 35.3. The van der Waals surface area contributed by atoms with Gasteiger partial charge >= 0.3 is 0 Å². The molecule has 2 heteroatoms. The van der Waals surface area contributed by atoms with Crippen molar-refractivity contribution in [3.05, 3.63) is 238 Å². The van der Waals surface area contributed by atoms with Crippen LogP contribution in [0.4, 0.5) is 0 Å². The van der Waals surface area contributed by atoms with Gasteiger partial charge < -0.3 is 4.74 Å². The molecule has 6 unspecified atom stereocenters. The lowest BCUT2D eigenvalue weighted by Crippen LogP contribution is -2.43. The molecule has 7 atom stereocenters. The van der Waals surface area contributed by atoms with Crippen LogP contribution in [-0.2, 0) is 5.41 Å². The molecule has 0 aromatic heterocycles. The monoisotopic (exact) mass is 793 g/mol. The second-order valence-electron chi connectivity index (χ2n) is 18.5. The molecule has 0 radical (unpaired) electrons. The van der Waals surface area contributed by atoms with Gasteiger partial charge in [0.1, 0.15) is 11.5 Å². The van der Waals surface area contributed by atoms with Crippen LogP contribution in [-0.4, -0.2) is 11.8 Å². The van der Waals surface area contributed by atoms with Crippen LogP contribution in [0.25, 0.3) is 0 Å². The highest BCUT2D eigenvalue weighted by Gasteiger charge is 2.51. The highest BCUT2D eigenvalue weighted by molar-refractivity contribution is 6.10. The van der Waals surface area contributed by atoms with Gasteiger partial charge in [0.2, 0.25) is 0 Å². The summed E-state index contributed by atoms with van der Waals surface area (Å²) < 4.78 is 6.75. The highest BCUT2D eigenvalue weighted by Crippen LogP contribution is 2.59. The maximum absolute atomic E-state index is 6.75. The summed E-state index contributed by atoms with van der Waals surface area (Å²) in [4.78, 5) is 5.77. The lowest BCUT2D eigenvalue weighted by Gasteiger charge is -2.48. The fourth-order valence-corrected chi connectivity index (χ4v) is 12.1. The molecule has 2 nitrogen and oxygen atoms in total. The molecule has 0 amide bonds. The Morgan fingerprint density at radius 1 is 0.705 bits per heavy atom. The molecule has 0 saturated carbocycles. The van der Waals surface area contributed by atoms with E-state index in [1.165, 1.54) is 75.0 Å². The predicted octanol–water partition coefficient (Wildman–Crippen LogP) is 14.4. The van der Waals surface area contributed by atoms with E-state index in [1.807, 2.05) is 0 Å². The number of hydrogen-bond acceptors (Lipinski definition) is 2. The first kappa shape index (κ1) is 38.0. The van der Waals surface area contributed by atoms with Gasteiger partial charge in [-0.3, -0.25) is 4.99 Å². The van der Waals surface area contributed by atoms with Gasteiger partial charge in [0.15, 0.2) is 0 Å². The second-order valence-corrected chi connectivity index (χ2v) is 18.5. The molecule has 3 aromatic rings. The Morgan fingerprint density at radius 2 is 1.44 bits per heavy atom. The predicted molar refractivity (Wildman–Crippen MR) is 253 cm³/mol. The standard InChI is InChI=1S/C59H55NO/c1-39-29-33-49(50-23-11-12-24-52(50)59(46-20-7-4-8-21-46)53-25-13-15-27-56(53)61-57-28-16-14-26-54(57)59)51(35-39)45-36-40(2)58(42-18-5-3-6-19-42)60-55(38-45)44-32-34-48-43(37-44)31-30-41-17-9-10-22-47(41)48/h3-9,11-18,20-21,23-31,33,37-39,42,47-48,50,52,58H,2,10,19,22,32,34-36H2,1H3/t39?,42?,47?,48-,50?,52?,58?/m0/s1. The third-order valence-corrected chi connectivity index (χ3v) is 14.9. The molecule has 0 fully saturated rings.